The number of carbonyl (C=O) groups excluding carboxylic acids is 1. The number of hydrogen-bond donors (Lipinski definition) is 2. The van der Waals surface area contributed by atoms with Gasteiger partial charge in [-0.2, -0.15) is 0 Å². The van der Waals surface area contributed by atoms with Gasteiger partial charge in [-0.25, -0.2) is 13.4 Å². The number of methoxy groups -OCH3 is 3. The third-order valence-electron chi connectivity index (χ3n) is 3.64. The van der Waals surface area contributed by atoms with Crippen molar-refractivity contribution in [3.05, 3.63) is 40.7 Å². The smallest absolute Gasteiger partial charge is 0.275 e. The van der Waals surface area contributed by atoms with Crippen LogP contribution in [0.15, 0.2) is 39.2 Å². The molecule has 154 valence electrons. The molecule has 0 fully saturated rings. The lowest BCUT2D eigenvalue weighted by atomic mass is 10.2. The van der Waals surface area contributed by atoms with E-state index in [9.17, 15) is 13.2 Å². The van der Waals surface area contributed by atoms with E-state index in [1.54, 1.807) is 23.6 Å². The van der Waals surface area contributed by atoms with E-state index in [1.807, 2.05) is 0 Å². The second-order valence-electron chi connectivity index (χ2n) is 5.44. The lowest BCUT2D eigenvalue weighted by Gasteiger charge is -2.14. The Morgan fingerprint density at radius 1 is 1.07 bits per heavy atom. The minimum Gasteiger partial charge on any atom is -0.493 e. The Hall–Kier alpha value is -2.83. The van der Waals surface area contributed by atoms with Gasteiger partial charge in [0.2, 0.25) is 5.75 Å². The number of nitrogens with zero attached hydrogens (tertiary/aromatic N) is 1. The second-order valence-corrected chi connectivity index (χ2v) is 9.16. The first-order chi connectivity index (χ1) is 13.9. The Morgan fingerprint density at radius 3 is 2.31 bits per heavy atom. The summed E-state index contributed by atoms with van der Waals surface area (Å²) in [5.74, 6) is 0.638. The predicted molar refractivity (Wildman–Crippen MR) is 111 cm³/mol. The number of rotatable bonds is 8. The molecule has 0 aliphatic rings. The van der Waals surface area contributed by atoms with Gasteiger partial charge in [0.25, 0.3) is 15.9 Å². The van der Waals surface area contributed by atoms with Gasteiger partial charge in [0.05, 0.1) is 21.3 Å². The first-order valence-electron chi connectivity index (χ1n) is 8.01. The molecule has 2 heterocycles. The van der Waals surface area contributed by atoms with Crippen molar-refractivity contribution in [2.45, 2.75) is 4.21 Å². The summed E-state index contributed by atoms with van der Waals surface area (Å²) >= 11 is 2.09. The Bertz CT molecular complexity index is 1080. The molecule has 0 aliphatic carbocycles. The van der Waals surface area contributed by atoms with E-state index >= 15 is 0 Å². The maximum Gasteiger partial charge on any atom is 0.275 e. The van der Waals surface area contributed by atoms with Gasteiger partial charge < -0.3 is 19.5 Å². The Kier molecular flexibility index (Phi) is 6.25. The first-order valence-corrected chi connectivity index (χ1v) is 11.3. The number of benzene rings is 1. The molecule has 0 radical (unpaired) electrons. The lowest BCUT2D eigenvalue weighted by molar-refractivity contribution is 0.102. The van der Waals surface area contributed by atoms with Crippen molar-refractivity contribution in [3.8, 4) is 17.2 Å². The van der Waals surface area contributed by atoms with Gasteiger partial charge in [-0.3, -0.25) is 9.52 Å². The molecule has 2 aromatic heterocycles. The number of thiophene rings is 1. The molecule has 3 rings (SSSR count). The third kappa shape index (κ3) is 4.60. The highest BCUT2D eigenvalue weighted by atomic mass is 32.2. The lowest BCUT2D eigenvalue weighted by Crippen LogP contribution is -2.14. The van der Waals surface area contributed by atoms with Crippen LogP contribution in [0.4, 0.5) is 10.8 Å². The molecular formula is C17H17N3O6S3. The van der Waals surface area contributed by atoms with Crippen molar-refractivity contribution in [3.63, 3.8) is 0 Å². The highest BCUT2D eigenvalue weighted by Gasteiger charge is 2.20. The van der Waals surface area contributed by atoms with Gasteiger partial charge in [-0.05, 0) is 11.4 Å². The van der Waals surface area contributed by atoms with Crippen LogP contribution in [0.3, 0.4) is 0 Å². The summed E-state index contributed by atoms with van der Waals surface area (Å²) < 4.78 is 42.8. The van der Waals surface area contributed by atoms with E-state index in [-0.39, 0.29) is 15.0 Å². The molecule has 0 spiro atoms. The first kappa shape index (κ1) is 20.9. The summed E-state index contributed by atoms with van der Waals surface area (Å²) in [6, 6.07) is 6.27. The summed E-state index contributed by atoms with van der Waals surface area (Å²) in [6.45, 7) is 0. The summed E-state index contributed by atoms with van der Waals surface area (Å²) in [7, 11) is 0.685. The number of aromatic nitrogens is 1. The predicted octanol–water partition coefficient (Wildman–Crippen LogP) is 3.28. The molecule has 0 unspecified atom stereocenters. The molecule has 0 saturated heterocycles. The Balaban J connectivity index is 1.77. The molecule has 0 aliphatic heterocycles. The van der Waals surface area contributed by atoms with Crippen LogP contribution in [0.5, 0.6) is 17.2 Å². The SMILES string of the molecule is COc1cc(NC(=O)c2csc(NS(=O)(=O)c3cccs3)n2)cc(OC)c1OC. The van der Waals surface area contributed by atoms with Crippen molar-refractivity contribution < 1.29 is 27.4 Å². The Morgan fingerprint density at radius 2 is 1.76 bits per heavy atom. The molecule has 0 saturated carbocycles. The molecule has 0 atom stereocenters. The van der Waals surface area contributed by atoms with E-state index in [4.69, 9.17) is 14.2 Å². The second kappa shape index (κ2) is 8.68. The standard InChI is InChI=1S/C17H17N3O6S3/c1-24-12-7-10(8-13(25-2)15(12)26-3)18-16(21)11-9-28-17(19-11)20-29(22,23)14-5-4-6-27-14/h4-9H,1-3H3,(H,18,21)(H,19,20). The average molecular weight is 456 g/mol. The van der Waals surface area contributed by atoms with E-state index in [0.29, 0.717) is 22.9 Å². The normalized spacial score (nSPS) is 11.0. The number of nitrogens with one attached hydrogen (secondary N) is 2. The maximum absolute atomic E-state index is 12.5. The molecule has 3 aromatic rings. The van der Waals surface area contributed by atoms with E-state index in [1.165, 1.54) is 32.8 Å². The molecule has 12 heteroatoms. The van der Waals surface area contributed by atoms with Crippen LogP contribution >= 0.6 is 22.7 Å². The van der Waals surface area contributed by atoms with Gasteiger partial charge in [0.1, 0.15) is 9.90 Å². The van der Waals surface area contributed by atoms with Gasteiger partial charge in [-0.15, -0.1) is 22.7 Å². The number of hydrogen-bond acceptors (Lipinski definition) is 9. The highest BCUT2D eigenvalue weighted by molar-refractivity contribution is 7.94. The fourth-order valence-electron chi connectivity index (χ4n) is 2.35. The van der Waals surface area contributed by atoms with Crippen molar-refractivity contribution >= 4 is 49.4 Å². The Labute approximate surface area is 175 Å². The third-order valence-corrected chi connectivity index (χ3v) is 7.26. The van der Waals surface area contributed by atoms with Gasteiger partial charge in [-0.1, -0.05) is 6.07 Å². The van der Waals surface area contributed by atoms with E-state index in [0.717, 1.165) is 22.7 Å². The van der Waals surface area contributed by atoms with Crippen LogP contribution in [-0.2, 0) is 10.0 Å². The molecular weight excluding hydrogens is 438 g/mol. The zero-order valence-corrected chi connectivity index (χ0v) is 18.0. The zero-order chi connectivity index (χ0) is 21.0. The molecule has 2 N–H and O–H groups in total. The van der Waals surface area contributed by atoms with Crippen molar-refractivity contribution in [1.29, 1.82) is 0 Å². The van der Waals surface area contributed by atoms with Gasteiger partial charge >= 0.3 is 0 Å². The molecule has 0 bridgehead atoms. The van der Waals surface area contributed by atoms with Crippen LogP contribution < -0.4 is 24.2 Å². The fourth-order valence-corrected chi connectivity index (χ4v) is 5.29. The number of ether oxygens (including phenoxy) is 3. The van der Waals surface area contributed by atoms with E-state index in [2.05, 4.69) is 15.0 Å². The number of thiazole rings is 1. The molecule has 29 heavy (non-hydrogen) atoms. The van der Waals surface area contributed by atoms with Crippen molar-refractivity contribution in [2.24, 2.45) is 0 Å². The van der Waals surface area contributed by atoms with Crippen LogP contribution in [-0.4, -0.2) is 40.6 Å². The van der Waals surface area contributed by atoms with Gasteiger partial charge in [0, 0.05) is 23.2 Å². The largest absolute Gasteiger partial charge is 0.493 e. The van der Waals surface area contributed by atoms with E-state index < -0.39 is 15.9 Å². The fraction of sp³-hybridized carbons (Fsp3) is 0.176. The van der Waals surface area contributed by atoms with Crippen LogP contribution in [0.2, 0.25) is 0 Å². The maximum atomic E-state index is 12.5. The van der Waals surface area contributed by atoms with Crippen LogP contribution in [0.25, 0.3) is 0 Å². The summed E-state index contributed by atoms with van der Waals surface area (Å²) in [6.07, 6.45) is 0. The molecule has 1 aromatic carbocycles. The quantitative estimate of drug-likeness (QED) is 0.535. The highest BCUT2D eigenvalue weighted by Crippen LogP contribution is 2.40. The zero-order valence-electron chi connectivity index (χ0n) is 15.6. The summed E-state index contributed by atoms with van der Waals surface area (Å²) in [5.41, 5.74) is 0.464. The van der Waals surface area contributed by atoms with Gasteiger partial charge in [0.15, 0.2) is 16.6 Å². The minimum atomic E-state index is -3.73. The monoisotopic (exact) mass is 455 g/mol. The number of carbonyl (C=O) groups is 1. The molecule has 1 amide bonds. The topological polar surface area (TPSA) is 116 Å². The minimum absolute atomic E-state index is 0.0626. The average Bonchev–Trinajstić information content (AvgIpc) is 3.39. The summed E-state index contributed by atoms with van der Waals surface area (Å²) in [5, 5.41) is 5.89. The van der Waals surface area contributed by atoms with Crippen LogP contribution in [0, 0.1) is 0 Å². The summed E-state index contributed by atoms with van der Waals surface area (Å²) in [4.78, 5) is 16.6. The van der Waals surface area contributed by atoms with Crippen LogP contribution in [0.1, 0.15) is 10.5 Å². The number of anilines is 2. The van der Waals surface area contributed by atoms with Crippen molar-refractivity contribution in [2.75, 3.05) is 31.4 Å². The number of amides is 1. The molecule has 9 nitrogen and oxygen atoms in total. The number of sulfonamides is 1. The van der Waals surface area contributed by atoms with Crippen molar-refractivity contribution in [1.82, 2.24) is 4.98 Å².